The third-order valence-corrected chi connectivity index (χ3v) is 11.7. The van der Waals surface area contributed by atoms with Gasteiger partial charge in [-0.1, -0.05) is 24.0 Å². The van der Waals surface area contributed by atoms with E-state index in [9.17, 15) is 36.6 Å². The van der Waals surface area contributed by atoms with E-state index in [1.54, 1.807) is 30.5 Å². The molecule has 12 nitrogen and oxygen atoms in total. The highest BCUT2D eigenvalue weighted by Gasteiger charge is 2.55. The van der Waals surface area contributed by atoms with Gasteiger partial charge < -0.3 is 30.1 Å². The molecule has 2 aliphatic rings. The molecule has 0 bridgehead atoms. The number of nitrogens with zero attached hydrogens (tertiary/aromatic N) is 5. The number of pyridine rings is 1. The number of aliphatic hydroxyl groups excluding tert-OH is 1. The van der Waals surface area contributed by atoms with Crippen molar-refractivity contribution in [2.45, 2.75) is 64.0 Å². The van der Waals surface area contributed by atoms with Crippen LogP contribution in [-0.4, -0.2) is 121 Å². The summed E-state index contributed by atoms with van der Waals surface area (Å²) >= 11 is 0. The number of benzene rings is 2. The van der Waals surface area contributed by atoms with Crippen LogP contribution < -0.4 is 15.5 Å². The first-order valence-electron chi connectivity index (χ1n) is 20.7. The second-order valence-electron chi connectivity index (χ2n) is 16.4. The largest absolute Gasteiger partial charge is 0.453 e. The molecule has 2 aromatic heterocycles. The van der Waals surface area contributed by atoms with Gasteiger partial charge in [0.25, 0.3) is 0 Å². The SMILES string of the molecule is COC(=O)N[C@H](C(=O)C[C@@H](Cc1ccc(C#Cc2ccc(N3CCN(C4COC4)CC3)nc2)cc1)[C@@H](O)CNCCc1c(F)cc(-c2ccn(C(F)F)n2)cc1F)C(C)(C)C(F)(F)F. The molecule has 3 N–H and O–H groups in total. The standard InChI is InChI=1S/C45H50F7N7O5/c1-44(2,45(50,51)52)41(55-43(62)63-3)38(60)23-32(39(61)25-53-14-12-34-35(46)21-31(22-36(34)47)37-13-15-59(56-37)42(48)49)20-29-7-4-28(5-8-29)6-9-30-10-11-40(54-24-30)58-18-16-57(17-19-58)33-26-64-27-33/h4-5,7-8,10-11,13,15,21-22,24,32-33,39,41-42,53,61H,12,14,16-20,23,25-27H2,1-3H3,(H,55,62)/t32-,39+,41-/m1/s1. The lowest BCUT2D eigenvalue weighted by Gasteiger charge is -2.42. The molecule has 0 saturated carbocycles. The van der Waals surface area contributed by atoms with E-state index in [0.717, 1.165) is 84.5 Å². The highest BCUT2D eigenvalue weighted by molar-refractivity contribution is 5.88. The van der Waals surface area contributed by atoms with E-state index in [1.165, 1.54) is 6.07 Å². The third-order valence-electron chi connectivity index (χ3n) is 11.7. The summed E-state index contributed by atoms with van der Waals surface area (Å²) in [5.74, 6) is 3.15. The smallest absolute Gasteiger partial charge is 0.407 e. The summed E-state index contributed by atoms with van der Waals surface area (Å²) in [6, 6.07) is 12.3. The normalized spacial score (nSPS) is 16.4. The molecule has 0 unspecified atom stereocenters. The number of anilines is 1. The summed E-state index contributed by atoms with van der Waals surface area (Å²) in [4.78, 5) is 35.2. The summed E-state index contributed by atoms with van der Waals surface area (Å²) in [6.07, 6.45) is -5.64. The summed E-state index contributed by atoms with van der Waals surface area (Å²) < 4.78 is 109. The number of piperazine rings is 1. The Morgan fingerprint density at radius 1 is 0.969 bits per heavy atom. The van der Waals surface area contributed by atoms with E-state index in [4.69, 9.17) is 4.74 Å². The Bertz CT molecular complexity index is 2240. The number of halogens is 7. The molecule has 0 radical (unpaired) electrons. The van der Waals surface area contributed by atoms with Crippen molar-refractivity contribution in [3.63, 3.8) is 0 Å². The van der Waals surface area contributed by atoms with Crippen molar-refractivity contribution in [3.05, 3.63) is 101 Å². The first-order chi connectivity index (χ1) is 30.4. The second-order valence-corrected chi connectivity index (χ2v) is 16.4. The zero-order valence-corrected chi connectivity index (χ0v) is 35.5. The molecule has 4 heterocycles. The van der Waals surface area contributed by atoms with E-state index in [1.807, 2.05) is 17.4 Å². The minimum Gasteiger partial charge on any atom is -0.453 e. The van der Waals surface area contributed by atoms with Crippen LogP contribution in [0.2, 0.25) is 0 Å². The number of ether oxygens (including phenoxy) is 2. The third kappa shape index (κ3) is 12.0. The number of methoxy groups -OCH3 is 1. The van der Waals surface area contributed by atoms with E-state index in [2.05, 4.69) is 41.8 Å². The number of aliphatic hydroxyl groups is 1. The quantitative estimate of drug-likeness (QED) is 0.0643. The molecule has 4 aromatic rings. The van der Waals surface area contributed by atoms with Crippen LogP contribution in [0.15, 0.2) is 67.0 Å². The number of aromatic nitrogens is 3. The molecule has 0 aliphatic carbocycles. The fraction of sp³-hybridized carbons (Fsp3) is 0.467. The second kappa shape index (κ2) is 21.0. The zero-order valence-electron chi connectivity index (χ0n) is 35.5. The van der Waals surface area contributed by atoms with Crippen molar-refractivity contribution in [3.8, 4) is 23.1 Å². The molecule has 344 valence electrons. The van der Waals surface area contributed by atoms with Crippen molar-refractivity contribution in [2.24, 2.45) is 11.3 Å². The lowest BCUT2D eigenvalue weighted by atomic mass is 9.77. The van der Waals surface area contributed by atoms with Gasteiger partial charge in [-0.25, -0.2) is 23.2 Å². The number of ketones is 1. The zero-order chi connectivity index (χ0) is 46.2. The molecule has 2 fully saturated rings. The molecule has 2 aromatic carbocycles. The summed E-state index contributed by atoms with van der Waals surface area (Å²) in [5, 5.41) is 20.0. The minimum absolute atomic E-state index is 0.0137. The molecule has 6 rings (SSSR count). The minimum atomic E-state index is -4.92. The Balaban J connectivity index is 1.11. The number of alkyl halides is 5. The monoisotopic (exact) mass is 901 g/mol. The summed E-state index contributed by atoms with van der Waals surface area (Å²) in [7, 11) is 0.948. The van der Waals surface area contributed by atoms with Gasteiger partial charge in [-0.3, -0.25) is 9.69 Å². The lowest BCUT2D eigenvalue weighted by Crippen LogP contribution is -2.56. The fourth-order valence-electron chi connectivity index (χ4n) is 7.51. The lowest BCUT2D eigenvalue weighted by molar-refractivity contribution is -0.220. The first-order valence-corrected chi connectivity index (χ1v) is 20.7. The number of carbonyl (C=O) groups excluding carboxylic acids is 2. The predicted molar refractivity (Wildman–Crippen MR) is 222 cm³/mol. The first kappa shape index (κ1) is 47.9. The molecular weight excluding hydrogens is 852 g/mol. The molecule has 2 aliphatic heterocycles. The summed E-state index contributed by atoms with van der Waals surface area (Å²) in [5.41, 5.74) is -1.20. The van der Waals surface area contributed by atoms with Gasteiger partial charge in [0.15, 0.2) is 5.78 Å². The number of hydrogen-bond acceptors (Lipinski definition) is 10. The van der Waals surface area contributed by atoms with Gasteiger partial charge in [-0.2, -0.15) is 27.1 Å². The Kier molecular flexibility index (Phi) is 15.7. The Labute approximate surface area is 366 Å². The Morgan fingerprint density at radius 2 is 1.62 bits per heavy atom. The van der Waals surface area contributed by atoms with Gasteiger partial charge in [-0.05, 0) is 87.2 Å². The number of alkyl carbamates (subject to hydrolysis) is 1. The van der Waals surface area contributed by atoms with E-state index >= 15 is 8.78 Å². The van der Waals surface area contributed by atoms with Crippen LogP contribution in [0.1, 0.15) is 49.1 Å². The van der Waals surface area contributed by atoms with Crippen LogP contribution in [0.25, 0.3) is 11.3 Å². The Morgan fingerprint density at radius 3 is 2.19 bits per heavy atom. The molecular formula is C45H50F7N7O5. The van der Waals surface area contributed by atoms with Crippen molar-refractivity contribution < 1.29 is 54.9 Å². The number of nitrogens with one attached hydrogen (secondary N) is 2. The van der Waals surface area contributed by atoms with E-state index < -0.39 is 66.1 Å². The molecule has 64 heavy (non-hydrogen) atoms. The van der Waals surface area contributed by atoms with E-state index in [-0.39, 0.29) is 42.8 Å². The number of amides is 1. The highest BCUT2D eigenvalue weighted by atomic mass is 19.4. The van der Waals surface area contributed by atoms with Crippen LogP contribution in [0, 0.1) is 34.8 Å². The van der Waals surface area contributed by atoms with Gasteiger partial charge in [0.05, 0.1) is 43.6 Å². The van der Waals surface area contributed by atoms with Gasteiger partial charge in [0.1, 0.15) is 23.5 Å². The van der Waals surface area contributed by atoms with Crippen LogP contribution in [0.5, 0.6) is 0 Å². The highest BCUT2D eigenvalue weighted by Crippen LogP contribution is 2.41. The van der Waals surface area contributed by atoms with Gasteiger partial charge in [-0.15, -0.1) is 0 Å². The van der Waals surface area contributed by atoms with Crippen molar-refractivity contribution >= 4 is 17.7 Å². The molecule has 19 heteroatoms. The van der Waals surface area contributed by atoms with Gasteiger partial charge >= 0.3 is 18.8 Å². The molecule has 1 amide bonds. The van der Waals surface area contributed by atoms with Crippen molar-refractivity contribution in [1.82, 2.24) is 30.3 Å². The van der Waals surface area contributed by atoms with Crippen molar-refractivity contribution in [1.29, 1.82) is 0 Å². The Hall–Kier alpha value is -5.55. The maximum atomic E-state index is 15.0. The average molecular weight is 902 g/mol. The number of hydrogen-bond donors (Lipinski definition) is 3. The fourth-order valence-corrected chi connectivity index (χ4v) is 7.51. The van der Waals surface area contributed by atoms with Crippen LogP contribution >= 0.6 is 0 Å². The maximum absolute atomic E-state index is 15.0. The molecule has 3 atom stereocenters. The maximum Gasteiger partial charge on any atom is 0.407 e. The number of rotatable bonds is 17. The van der Waals surface area contributed by atoms with Gasteiger partial charge in [0.2, 0.25) is 0 Å². The average Bonchev–Trinajstić information content (AvgIpc) is 3.75. The molecule has 2 saturated heterocycles. The van der Waals surface area contributed by atoms with Crippen molar-refractivity contribution in [2.75, 3.05) is 64.5 Å². The van der Waals surface area contributed by atoms with Crippen LogP contribution in [0.3, 0.4) is 0 Å². The predicted octanol–water partition coefficient (Wildman–Crippen LogP) is 6.16. The molecule has 0 spiro atoms. The van der Waals surface area contributed by atoms with Crippen LogP contribution in [0.4, 0.5) is 41.3 Å². The topological polar surface area (TPSA) is 134 Å². The number of carbonyl (C=O) groups is 2. The van der Waals surface area contributed by atoms with E-state index in [0.29, 0.717) is 27.4 Å². The number of Topliss-reactive ketones (excluding diaryl/α,β-unsaturated/α-hetero) is 1. The van der Waals surface area contributed by atoms with Gasteiger partial charge in [0, 0.05) is 73.8 Å². The summed E-state index contributed by atoms with van der Waals surface area (Å²) in [6.45, 7) is 3.49. The van der Waals surface area contributed by atoms with Crippen LogP contribution in [-0.2, 0) is 27.1 Å².